The molecule has 0 saturated carbocycles. The van der Waals surface area contributed by atoms with Gasteiger partial charge >= 0.3 is 0 Å². The van der Waals surface area contributed by atoms with Crippen molar-refractivity contribution in [3.8, 4) is 0 Å². The molecule has 0 atom stereocenters. The number of pyridine rings is 1. The lowest BCUT2D eigenvalue weighted by Crippen LogP contribution is -2.02. The van der Waals surface area contributed by atoms with Crippen LogP contribution in [-0.4, -0.2) is 26.7 Å². The van der Waals surface area contributed by atoms with E-state index in [1.165, 1.54) is 12.1 Å². The fourth-order valence-electron chi connectivity index (χ4n) is 2.14. The van der Waals surface area contributed by atoms with Gasteiger partial charge in [-0.1, -0.05) is 6.07 Å². The first kappa shape index (κ1) is 13.0. The molecular weight excluding hydrogens is 270 g/mol. The molecule has 106 valence electrons. The molecule has 0 bridgehead atoms. The van der Waals surface area contributed by atoms with Crippen LogP contribution in [0.2, 0.25) is 0 Å². The minimum atomic E-state index is -0.403. The van der Waals surface area contributed by atoms with Gasteiger partial charge in [0.1, 0.15) is 5.82 Å². The molecule has 0 unspecified atom stereocenters. The van der Waals surface area contributed by atoms with Crippen molar-refractivity contribution in [2.24, 2.45) is 0 Å². The number of hydrogen-bond acceptors (Lipinski definition) is 5. The lowest BCUT2D eigenvalue weighted by Gasteiger charge is -2.05. The van der Waals surface area contributed by atoms with Crippen molar-refractivity contribution in [3.63, 3.8) is 0 Å². The molecule has 0 spiro atoms. The molecule has 7 heteroatoms. The summed E-state index contributed by atoms with van der Waals surface area (Å²) in [6.07, 6.45) is 3.46. The van der Waals surface area contributed by atoms with Crippen molar-refractivity contribution in [1.82, 2.24) is 14.8 Å². The third kappa shape index (κ3) is 2.53. The summed E-state index contributed by atoms with van der Waals surface area (Å²) in [6, 6.07) is 8.56. The minimum absolute atomic E-state index is 0.0629. The first-order chi connectivity index (χ1) is 10.2. The second kappa shape index (κ2) is 5.20. The number of nitrogens with zero attached hydrogens (tertiary/aromatic N) is 4. The van der Waals surface area contributed by atoms with Gasteiger partial charge in [-0.15, -0.1) is 0 Å². The van der Waals surface area contributed by atoms with Crippen molar-refractivity contribution in [2.75, 3.05) is 12.4 Å². The lowest BCUT2D eigenvalue weighted by atomic mass is 10.2. The van der Waals surface area contributed by atoms with E-state index in [-0.39, 0.29) is 5.69 Å². The molecular formula is C14H13N5O2. The number of benzene rings is 1. The molecule has 0 saturated heterocycles. The summed E-state index contributed by atoms with van der Waals surface area (Å²) in [7, 11) is 1.81. The van der Waals surface area contributed by atoms with Crippen LogP contribution in [0.15, 0.2) is 42.7 Å². The van der Waals surface area contributed by atoms with Gasteiger partial charge in [-0.25, -0.2) is 4.98 Å². The Labute approximate surface area is 120 Å². The van der Waals surface area contributed by atoms with Gasteiger partial charge in [0.05, 0.1) is 23.2 Å². The van der Waals surface area contributed by atoms with Crippen molar-refractivity contribution in [3.05, 3.63) is 58.4 Å². The molecule has 21 heavy (non-hydrogen) atoms. The summed E-state index contributed by atoms with van der Waals surface area (Å²) in [5.74, 6) is 0.791. The maximum Gasteiger partial charge on any atom is 0.271 e. The monoisotopic (exact) mass is 283 g/mol. The second-order valence-corrected chi connectivity index (χ2v) is 4.60. The molecule has 3 aromatic rings. The van der Waals surface area contributed by atoms with Gasteiger partial charge in [0.2, 0.25) is 0 Å². The highest BCUT2D eigenvalue weighted by molar-refractivity contribution is 5.81. The normalized spacial score (nSPS) is 10.7. The maximum absolute atomic E-state index is 10.9. The third-order valence-electron chi connectivity index (χ3n) is 3.25. The molecule has 0 fully saturated rings. The van der Waals surface area contributed by atoms with Gasteiger partial charge in [0.15, 0.2) is 0 Å². The fraction of sp³-hybridized carbons (Fsp3) is 0.143. The zero-order valence-electron chi connectivity index (χ0n) is 11.4. The molecule has 7 nitrogen and oxygen atoms in total. The van der Waals surface area contributed by atoms with Crippen molar-refractivity contribution in [2.45, 2.75) is 6.54 Å². The van der Waals surface area contributed by atoms with Crippen LogP contribution in [0, 0.1) is 10.1 Å². The van der Waals surface area contributed by atoms with Crippen LogP contribution in [0.1, 0.15) is 5.56 Å². The molecule has 0 amide bonds. The average molecular weight is 283 g/mol. The van der Waals surface area contributed by atoms with E-state index in [0.717, 1.165) is 22.3 Å². The Morgan fingerprint density at radius 2 is 2.14 bits per heavy atom. The Balaban J connectivity index is 1.95. The number of nitrogens with one attached hydrogen (secondary N) is 1. The SMILES string of the molecule is CNc1ccc(Cn2ncc3ccc([N+](=O)[O-])cc32)cn1. The van der Waals surface area contributed by atoms with Gasteiger partial charge in [0, 0.05) is 30.8 Å². The Kier molecular flexibility index (Phi) is 3.23. The van der Waals surface area contributed by atoms with Crippen LogP contribution in [0.25, 0.3) is 10.9 Å². The van der Waals surface area contributed by atoms with E-state index in [1.807, 2.05) is 19.2 Å². The largest absolute Gasteiger partial charge is 0.373 e. The third-order valence-corrected chi connectivity index (χ3v) is 3.25. The number of non-ortho nitro benzene ring substituents is 1. The Morgan fingerprint density at radius 3 is 2.81 bits per heavy atom. The van der Waals surface area contributed by atoms with Crippen LogP contribution in [-0.2, 0) is 6.54 Å². The summed E-state index contributed by atoms with van der Waals surface area (Å²) in [4.78, 5) is 14.7. The topological polar surface area (TPSA) is 85.9 Å². The summed E-state index contributed by atoms with van der Waals surface area (Å²) in [6.45, 7) is 0.516. The highest BCUT2D eigenvalue weighted by Gasteiger charge is 2.10. The van der Waals surface area contributed by atoms with Crippen molar-refractivity contribution < 1.29 is 4.92 Å². The average Bonchev–Trinajstić information content (AvgIpc) is 2.90. The van der Waals surface area contributed by atoms with Gasteiger partial charge in [-0.3, -0.25) is 14.8 Å². The van der Waals surface area contributed by atoms with E-state index in [4.69, 9.17) is 0 Å². The summed E-state index contributed by atoms with van der Waals surface area (Å²) < 4.78 is 1.73. The van der Waals surface area contributed by atoms with Gasteiger partial charge in [0.25, 0.3) is 5.69 Å². The number of fused-ring (bicyclic) bond motifs is 1. The van der Waals surface area contributed by atoms with Gasteiger partial charge < -0.3 is 5.32 Å². The van der Waals surface area contributed by atoms with E-state index in [2.05, 4.69) is 15.4 Å². The molecule has 2 aromatic heterocycles. The summed E-state index contributed by atoms with van der Waals surface area (Å²) >= 11 is 0. The number of rotatable bonds is 4. The van der Waals surface area contributed by atoms with Gasteiger partial charge in [-0.05, 0) is 17.7 Å². The maximum atomic E-state index is 10.9. The molecule has 0 aliphatic rings. The quantitative estimate of drug-likeness (QED) is 0.587. The summed E-state index contributed by atoms with van der Waals surface area (Å²) in [5.41, 5.74) is 1.78. The van der Waals surface area contributed by atoms with Crippen LogP contribution in [0.4, 0.5) is 11.5 Å². The molecule has 3 rings (SSSR count). The highest BCUT2D eigenvalue weighted by Crippen LogP contribution is 2.21. The Bertz CT molecular complexity index is 795. The Hall–Kier alpha value is -2.96. The van der Waals surface area contributed by atoms with Crippen LogP contribution < -0.4 is 5.32 Å². The molecule has 1 N–H and O–H groups in total. The molecule has 0 radical (unpaired) electrons. The van der Waals surface area contributed by atoms with E-state index in [0.29, 0.717) is 6.54 Å². The van der Waals surface area contributed by atoms with Gasteiger partial charge in [-0.2, -0.15) is 5.10 Å². The lowest BCUT2D eigenvalue weighted by molar-refractivity contribution is -0.384. The van der Waals surface area contributed by atoms with Crippen LogP contribution in [0.3, 0.4) is 0 Å². The zero-order valence-corrected chi connectivity index (χ0v) is 11.4. The predicted octanol–water partition coefficient (Wildman–Crippen LogP) is 2.43. The standard InChI is InChI=1S/C14H13N5O2/c1-15-14-5-2-10(7-16-14)9-18-13-6-12(19(20)21)4-3-11(13)8-17-18/h2-8H,9H2,1H3,(H,15,16). The highest BCUT2D eigenvalue weighted by atomic mass is 16.6. The first-order valence-corrected chi connectivity index (χ1v) is 6.40. The van der Waals surface area contributed by atoms with Crippen molar-refractivity contribution >= 4 is 22.4 Å². The fourth-order valence-corrected chi connectivity index (χ4v) is 2.14. The number of nitro groups is 1. The van der Waals surface area contributed by atoms with E-state index < -0.39 is 4.92 Å². The van der Waals surface area contributed by atoms with E-state index in [1.54, 1.807) is 23.1 Å². The summed E-state index contributed by atoms with van der Waals surface area (Å²) in [5, 5.41) is 19.0. The molecule has 0 aliphatic heterocycles. The second-order valence-electron chi connectivity index (χ2n) is 4.60. The molecule has 1 aromatic carbocycles. The number of aromatic nitrogens is 3. The number of anilines is 1. The Morgan fingerprint density at radius 1 is 1.29 bits per heavy atom. The van der Waals surface area contributed by atoms with Crippen LogP contribution >= 0.6 is 0 Å². The van der Waals surface area contributed by atoms with E-state index >= 15 is 0 Å². The predicted molar refractivity (Wildman–Crippen MR) is 79.3 cm³/mol. The molecule has 2 heterocycles. The van der Waals surface area contributed by atoms with Crippen molar-refractivity contribution in [1.29, 1.82) is 0 Å². The van der Waals surface area contributed by atoms with Crippen LogP contribution in [0.5, 0.6) is 0 Å². The number of nitro benzene ring substituents is 1. The smallest absolute Gasteiger partial charge is 0.271 e. The first-order valence-electron chi connectivity index (χ1n) is 6.40. The van der Waals surface area contributed by atoms with E-state index in [9.17, 15) is 10.1 Å². The number of hydrogen-bond donors (Lipinski definition) is 1. The zero-order chi connectivity index (χ0) is 14.8. The minimum Gasteiger partial charge on any atom is -0.373 e. The molecule has 0 aliphatic carbocycles.